The number of hydrogen-bond donors (Lipinski definition) is 1. The summed E-state index contributed by atoms with van der Waals surface area (Å²) >= 11 is 0. The molecule has 0 saturated heterocycles. The van der Waals surface area contributed by atoms with Gasteiger partial charge in [0.15, 0.2) is 0 Å². The molecule has 0 aromatic heterocycles. The molecule has 1 aromatic rings. The molecule has 0 aliphatic heterocycles. The van der Waals surface area contributed by atoms with Crippen LogP contribution in [0.25, 0.3) is 0 Å². The van der Waals surface area contributed by atoms with Gasteiger partial charge in [-0.2, -0.15) is 0 Å². The lowest BCUT2D eigenvalue weighted by Gasteiger charge is -2.18. The van der Waals surface area contributed by atoms with E-state index in [-0.39, 0.29) is 5.91 Å². The number of nitrogens with zero attached hydrogens (tertiary/aromatic N) is 1. The Morgan fingerprint density at radius 3 is 2.33 bits per heavy atom. The van der Waals surface area contributed by atoms with E-state index in [1.54, 1.807) is 0 Å². The minimum absolute atomic E-state index is 0.127. The Balaban J connectivity index is 1.94. The maximum absolute atomic E-state index is 12.1. The lowest BCUT2D eigenvalue weighted by Crippen LogP contribution is -2.30. The molecule has 0 atom stereocenters. The average molecular weight is 246 g/mol. The van der Waals surface area contributed by atoms with Crippen molar-refractivity contribution in [2.24, 2.45) is 0 Å². The van der Waals surface area contributed by atoms with Crippen LogP contribution in [0.3, 0.4) is 0 Å². The van der Waals surface area contributed by atoms with Gasteiger partial charge < -0.3 is 10.2 Å². The second-order valence-electron chi connectivity index (χ2n) is 4.83. The predicted octanol–water partition coefficient (Wildman–Crippen LogP) is 2.42. The van der Waals surface area contributed by atoms with Crippen LogP contribution < -0.4 is 5.32 Å². The summed E-state index contributed by atoms with van der Waals surface area (Å²) in [6.07, 6.45) is 2.61. The zero-order chi connectivity index (χ0) is 13.0. The Morgan fingerprint density at radius 2 is 1.83 bits per heavy atom. The van der Waals surface area contributed by atoms with Crippen molar-refractivity contribution in [3.05, 3.63) is 35.4 Å². The highest BCUT2D eigenvalue weighted by molar-refractivity contribution is 5.94. The largest absolute Gasteiger partial charge is 0.339 e. The van der Waals surface area contributed by atoms with Crippen molar-refractivity contribution in [2.45, 2.75) is 39.3 Å². The number of benzene rings is 1. The van der Waals surface area contributed by atoms with Crippen molar-refractivity contribution < 1.29 is 4.79 Å². The van der Waals surface area contributed by atoms with Gasteiger partial charge in [0.05, 0.1) is 0 Å². The molecule has 18 heavy (non-hydrogen) atoms. The van der Waals surface area contributed by atoms with E-state index in [0.717, 1.165) is 31.2 Å². The Morgan fingerprint density at radius 1 is 1.22 bits per heavy atom. The fraction of sp³-hybridized carbons (Fsp3) is 0.533. The maximum atomic E-state index is 12.1. The molecule has 0 spiro atoms. The summed E-state index contributed by atoms with van der Waals surface area (Å²) in [6.45, 7) is 6.45. The number of carbonyl (C=O) groups is 1. The Hall–Kier alpha value is -1.35. The molecule has 2 rings (SSSR count). The zero-order valence-electron chi connectivity index (χ0n) is 11.3. The first kappa shape index (κ1) is 13.1. The minimum atomic E-state index is 0.127. The molecule has 1 N–H and O–H groups in total. The number of rotatable bonds is 6. The topological polar surface area (TPSA) is 32.3 Å². The Labute approximate surface area is 109 Å². The first-order valence-corrected chi connectivity index (χ1v) is 6.86. The number of hydrogen-bond acceptors (Lipinski definition) is 2. The van der Waals surface area contributed by atoms with Crippen molar-refractivity contribution in [3.63, 3.8) is 0 Å². The second-order valence-corrected chi connectivity index (χ2v) is 4.83. The van der Waals surface area contributed by atoms with E-state index in [1.165, 1.54) is 18.4 Å². The monoisotopic (exact) mass is 246 g/mol. The van der Waals surface area contributed by atoms with E-state index in [4.69, 9.17) is 0 Å². The molecule has 1 amide bonds. The third-order valence-corrected chi connectivity index (χ3v) is 3.42. The summed E-state index contributed by atoms with van der Waals surface area (Å²) in [4.78, 5) is 13.9. The van der Waals surface area contributed by atoms with Crippen molar-refractivity contribution in [1.82, 2.24) is 10.2 Å². The molecule has 1 fully saturated rings. The summed E-state index contributed by atoms with van der Waals surface area (Å²) in [6, 6.07) is 8.69. The van der Waals surface area contributed by atoms with Crippen LogP contribution in [0.5, 0.6) is 0 Å². The van der Waals surface area contributed by atoms with Crippen LogP contribution in [0.4, 0.5) is 0 Å². The van der Waals surface area contributed by atoms with Crippen molar-refractivity contribution in [3.8, 4) is 0 Å². The molecule has 1 aliphatic rings. The summed E-state index contributed by atoms with van der Waals surface area (Å²) in [5.74, 6) is 0.127. The molecule has 3 heteroatoms. The fourth-order valence-corrected chi connectivity index (χ4v) is 2.01. The normalized spacial score (nSPS) is 14.6. The number of amides is 1. The fourth-order valence-electron chi connectivity index (χ4n) is 2.01. The van der Waals surface area contributed by atoms with Gasteiger partial charge in [0.2, 0.25) is 0 Å². The van der Waals surface area contributed by atoms with Crippen molar-refractivity contribution in [1.29, 1.82) is 0 Å². The quantitative estimate of drug-likeness (QED) is 0.836. The first-order chi connectivity index (χ1) is 8.74. The first-order valence-electron chi connectivity index (χ1n) is 6.86. The van der Waals surface area contributed by atoms with Crippen molar-refractivity contribution >= 4 is 5.91 Å². The maximum Gasteiger partial charge on any atom is 0.253 e. The zero-order valence-corrected chi connectivity index (χ0v) is 11.3. The van der Waals surface area contributed by atoms with Crippen molar-refractivity contribution in [2.75, 3.05) is 13.1 Å². The van der Waals surface area contributed by atoms with E-state index in [0.29, 0.717) is 0 Å². The molecule has 1 aromatic carbocycles. The molecule has 0 heterocycles. The van der Waals surface area contributed by atoms with E-state index >= 15 is 0 Å². The second kappa shape index (κ2) is 6.01. The summed E-state index contributed by atoms with van der Waals surface area (Å²) in [5, 5.41) is 3.47. The van der Waals surface area contributed by atoms with Gasteiger partial charge in [-0.1, -0.05) is 12.1 Å². The van der Waals surface area contributed by atoms with Gasteiger partial charge >= 0.3 is 0 Å². The van der Waals surface area contributed by atoms with Crippen LogP contribution in [-0.4, -0.2) is 29.9 Å². The standard InChI is InChI=1S/C15H22N2O/c1-3-17(4-2)15(18)13-7-5-12(6-8-13)11-16-14-9-10-14/h5-8,14,16H,3-4,9-11H2,1-2H3. The lowest BCUT2D eigenvalue weighted by atomic mass is 10.1. The molecular formula is C15H22N2O. The van der Waals surface area contributed by atoms with Gasteiger partial charge in [0.25, 0.3) is 5.91 Å². The molecule has 1 saturated carbocycles. The summed E-state index contributed by atoms with van der Waals surface area (Å²) < 4.78 is 0. The molecular weight excluding hydrogens is 224 g/mol. The van der Waals surface area contributed by atoms with Gasteiger partial charge in [0.1, 0.15) is 0 Å². The minimum Gasteiger partial charge on any atom is -0.339 e. The molecule has 3 nitrogen and oxygen atoms in total. The van der Waals surface area contributed by atoms with E-state index in [9.17, 15) is 4.79 Å². The van der Waals surface area contributed by atoms with Gasteiger partial charge in [-0.05, 0) is 44.4 Å². The molecule has 0 bridgehead atoms. The lowest BCUT2D eigenvalue weighted by molar-refractivity contribution is 0.0773. The Kier molecular flexibility index (Phi) is 4.37. The predicted molar refractivity (Wildman–Crippen MR) is 73.6 cm³/mol. The van der Waals surface area contributed by atoms with Gasteiger partial charge in [-0.25, -0.2) is 0 Å². The van der Waals surface area contributed by atoms with E-state index < -0.39 is 0 Å². The van der Waals surface area contributed by atoms with Crippen LogP contribution in [0.1, 0.15) is 42.6 Å². The van der Waals surface area contributed by atoms with Crippen LogP contribution >= 0.6 is 0 Å². The molecule has 0 radical (unpaired) electrons. The highest BCUT2D eigenvalue weighted by atomic mass is 16.2. The van der Waals surface area contributed by atoms with Crippen LogP contribution in [0.2, 0.25) is 0 Å². The molecule has 98 valence electrons. The van der Waals surface area contributed by atoms with Gasteiger partial charge in [-0.3, -0.25) is 4.79 Å². The highest BCUT2D eigenvalue weighted by Crippen LogP contribution is 2.19. The number of nitrogens with one attached hydrogen (secondary N) is 1. The van der Waals surface area contributed by atoms with E-state index in [2.05, 4.69) is 5.32 Å². The van der Waals surface area contributed by atoms with Gasteiger partial charge in [0, 0.05) is 31.2 Å². The summed E-state index contributed by atoms with van der Waals surface area (Å²) in [7, 11) is 0. The number of carbonyl (C=O) groups excluding carboxylic acids is 1. The summed E-state index contributed by atoms with van der Waals surface area (Å²) in [5.41, 5.74) is 2.03. The third-order valence-electron chi connectivity index (χ3n) is 3.42. The smallest absolute Gasteiger partial charge is 0.253 e. The van der Waals surface area contributed by atoms with Crippen LogP contribution in [0, 0.1) is 0 Å². The Bertz CT molecular complexity index is 391. The van der Waals surface area contributed by atoms with Crippen LogP contribution in [0.15, 0.2) is 24.3 Å². The SMILES string of the molecule is CCN(CC)C(=O)c1ccc(CNC2CC2)cc1. The van der Waals surface area contributed by atoms with Gasteiger partial charge in [-0.15, -0.1) is 0 Å². The highest BCUT2D eigenvalue weighted by Gasteiger charge is 2.20. The molecule has 1 aliphatic carbocycles. The average Bonchev–Trinajstić information content (AvgIpc) is 3.22. The third kappa shape index (κ3) is 3.33. The molecule has 0 unspecified atom stereocenters. The van der Waals surface area contributed by atoms with Crippen LogP contribution in [-0.2, 0) is 6.54 Å². The van der Waals surface area contributed by atoms with E-state index in [1.807, 2.05) is 43.0 Å².